The van der Waals surface area contributed by atoms with E-state index in [2.05, 4.69) is 5.32 Å². The van der Waals surface area contributed by atoms with Gasteiger partial charge in [0.1, 0.15) is 0 Å². The number of rotatable bonds is 3. The number of carboxylic acid groups (broad SMARTS) is 1. The maximum Gasteiger partial charge on any atom is 0.307 e. The molecule has 0 saturated heterocycles. The number of benzene rings is 1. The van der Waals surface area contributed by atoms with Gasteiger partial charge in [0, 0.05) is 15.7 Å². The normalized spacial score (nSPS) is 23.8. The number of carboxylic acids is 1. The minimum Gasteiger partial charge on any atom is -0.481 e. The van der Waals surface area contributed by atoms with Crippen molar-refractivity contribution in [2.75, 3.05) is 5.32 Å². The van der Waals surface area contributed by atoms with E-state index < -0.39 is 23.2 Å². The lowest BCUT2D eigenvalue weighted by atomic mass is 10.1. The first kappa shape index (κ1) is 14.2. The van der Waals surface area contributed by atoms with E-state index in [1.54, 1.807) is 32.0 Å². The van der Waals surface area contributed by atoms with Gasteiger partial charge in [-0.05, 0) is 23.6 Å². The van der Waals surface area contributed by atoms with Crippen LogP contribution in [0.5, 0.6) is 0 Å². The van der Waals surface area contributed by atoms with Crippen molar-refractivity contribution >= 4 is 40.8 Å². The van der Waals surface area contributed by atoms with Crippen LogP contribution < -0.4 is 5.32 Å². The third-order valence-electron chi connectivity index (χ3n) is 3.51. The predicted molar refractivity (Wildman–Crippen MR) is 73.5 cm³/mol. The van der Waals surface area contributed by atoms with Gasteiger partial charge in [-0.3, -0.25) is 9.59 Å². The lowest BCUT2D eigenvalue weighted by Gasteiger charge is -2.07. The molecule has 0 spiro atoms. The van der Waals surface area contributed by atoms with Crippen molar-refractivity contribution in [3.05, 3.63) is 28.2 Å². The first-order valence-electron chi connectivity index (χ1n) is 5.73. The molecular formula is C13H13Cl2NO3. The van der Waals surface area contributed by atoms with Crippen LogP contribution in [0, 0.1) is 17.3 Å². The third-order valence-corrected chi connectivity index (χ3v) is 3.94. The maximum absolute atomic E-state index is 12.1. The van der Waals surface area contributed by atoms with Crippen LogP contribution in [0.2, 0.25) is 10.0 Å². The molecule has 1 aliphatic carbocycles. The molecule has 19 heavy (non-hydrogen) atoms. The molecular weight excluding hydrogens is 289 g/mol. The summed E-state index contributed by atoms with van der Waals surface area (Å²) in [5.41, 5.74) is -0.0625. The van der Waals surface area contributed by atoms with Gasteiger partial charge in [-0.25, -0.2) is 0 Å². The molecule has 1 fully saturated rings. The molecule has 2 atom stereocenters. The van der Waals surface area contributed by atoms with Gasteiger partial charge in [-0.1, -0.05) is 37.0 Å². The van der Waals surface area contributed by atoms with Crippen LogP contribution in [0.1, 0.15) is 13.8 Å². The van der Waals surface area contributed by atoms with E-state index in [9.17, 15) is 9.59 Å². The second-order valence-corrected chi connectivity index (χ2v) is 6.14. The summed E-state index contributed by atoms with van der Waals surface area (Å²) in [6.07, 6.45) is 0. The molecule has 6 heteroatoms. The quantitative estimate of drug-likeness (QED) is 0.900. The van der Waals surface area contributed by atoms with Crippen molar-refractivity contribution in [2.24, 2.45) is 17.3 Å². The average molecular weight is 302 g/mol. The molecule has 1 aromatic carbocycles. The third kappa shape index (κ3) is 2.69. The van der Waals surface area contributed by atoms with E-state index >= 15 is 0 Å². The maximum atomic E-state index is 12.1. The lowest BCUT2D eigenvalue weighted by molar-refractivity contribution is -0.140. The Morgan fingerprint density at radius 1 is 1.16 bits per heavy atom. The molecule has 1 aromatic rings. The van der Waals surface area contributed by atoms with Crippen molar-refractivity contribution in [1.29, 1.82) is 0 Å². The van der Waals surface area contributed by atoms with Crippen LogP contribution in [0.25, 0.3) is 0 Å². The van der Waals surface area contributed by atoms with Gasteiger partial charge in [-0.15, -0.1) is 0 Å². The standard InChI is InChI=1S/C13H13Cl2NO3/c1-13(2)9(10(13)12(18)19)11(17)16-8-4-6(14)3-7(15)5-8/h3-5,9-10H,1-2H3,(H,16,17)(H,18,19)/t9-,10+/m1/s1. The molecule has 2 N–H and O–H groups in total. The van der Waals surface area contributed by atoms with Crippen molar-refractivity contribution in [3.63, 3.8) is 0 Å². The Hall–Kier alpha value is -1.26. The number of amides is 1. The zero-order chi connectivity index (χ0) is 14.4. The summed E-state index contributed by atoms with van der Waals surface area (Å²) >= 11 is 11.7. The number of hydrogen-bond donors (Lipinski definition) is 2. The molecule has 0 heterocycles. The topological polar surface area (TPSA) is 66.4 Å². The number of carbonyl (C=O) groups excluding carboxylic acids is 1. The second kappa shape index (κ2) is 4.69. The lowest BCUT2D eigenvalue weighted by Crippen LogP contribution is -2.17. The Bertz CT molecular complexity index is 537. The summed E-state index contributed by atoms with van der Waals surface area (Å²) in [6.45, 7) is 3.53. The molecule has 1 aliphatic rings. The highest BCUT2D eigenvalue weighted by Crippen LogP contribution is 2.58. The van der Waals surface area contributed by atoms with Gasteiger partial charge >= 0.3 is 5.97 Å². The van der Waals surface area contributed by atoms with Gasteiger partial charge < -0.3 is 10.4 Å². The zero-order valence-corrected chi connectivity index (χ0v) is 11.9. The number of anilines is 1. The van der Waals surface area contributed by atoms with Gasteiger partial charge in [0.05, 0.1) is 11.8 Å². The van der Waals surface area contributed by atoms with Gasteiger partial charge in [-0.2, -0.15) is 0 Å². The highest BCUT2D eigenvalue weighted by molar-refractivity contribution is 6.35. The van der Waals surface area contributed by atoms with E-state index in [4.69, 9.17) is 28.3 Å². The Labute approximate surface area is 120 Å². The zero-order valence-electron chi connectivity index (χ0n) is 10.4. The molecule has 0 bridgehead atoms. The fraction of sp³-hybridized carbons (Fsp3) is 0.385. The average Bonchev–Trinajstić information content (AvgIpc) is 2.80. The fourth-order valence-electron chi connectivity index (χ4n) is 2.43. The Morgan fingerprint density at radius 2 is 1.68 bits per heavy atom. The molecule has 2 rings (SSSR count). The summed E-state index contributed by atoms with van der Waals surface area (Å²) in [4.78, 5) is 23.1. The van der Waals surface area contributed by atoms with Crippen molar-refractivity contribution in [2.45, 2.75) is 13.8 Å². The fourth-order valence-corrected chi connectivity index (χ4v) is 2.96. The van der Waals surface area contributed by atoms with E-state index in [1.165, 1.54) is 0 Å². The molecule has 102 valence electrons. The molecule has 0 unspecified atom stereocenters. The molecule has 0 aliphatic heterocycles. The SMILES string of the molecule is CC1(C)[C@H](C(=O)O)[C@@H]1C(=O)Nc1cc(Cl)cc(Cl)c1. The van der Waals surface area contributed by atoms with Crippen LogP contribution in [0.3, 0.4) is 0 Å². The van der Waals surface area contributed by atoms with Crippen molar-refractivity contribution in [1.82, 2.24) is 0 Å². The van der Waals surface area contributed by atoms with E-state index in [0.29, 0.717) is 15.7 Å². The molecule has 1 saturated carbocycles. The van der Waals surface area contributed by atoms with Gasteiger partial charge in [0.25, 0.3) is 0 Å². The monoisotopic (exact) mass is 301 g/mol. The summed E-state index contributed by atoms with van der Waals surface area (Å²) < 4.78 is 0. The summed E-state index contributed by atoms with van der Waals surface area (Å²) in [5, 5.41) is 12.5. The highest BCUT2D eigenvalue weighted by Gasteiger charge is 2.65. The first-order chi connectivity index (χ1) is 8.73. The van der Waals surface area contributed by atoms with Crippen LogP contribution in [0.4, 0.5) is 5.69 Å². The number of carbonyl (C=O) groups is 2. The predicted octanol–water partition coefficient (Wildman–Crippen LogP) is 3.29. The van der Waals surface area contributed by atoms with Gasteiger partial charge in [0.15, 0.2) is 0 Å². The molecule has 1 amide bonds. The number of hydrogen-bond acceptors (Lipinski definition) is 2. The number of nitrogens with one attached hydrogen (secondary N) is 1. The molecule has 0 radical (unpaired) electrons. The van der Waals surface area contributed by atoms with Crippen LogP contribution in [-0.4, -0.2) is 17.0 Å². The Balaban J connectivity index is 2.13. The van der Waals surface area contributed by atoms with Crippen molar-refractivity contribution in [3.8, 4) is 0 Å². The summed E-state index contributed by atoms with van der Waals surface area (Å²) in [5.74, 6) is -2.46. The Morgan fingerprint density at radius 3 is 2.11 bits per heavy atom. The second-order valence-electron chi connectivity index (χ2n) is 5.26. The first-order valence-corrected chi connectivity index (χ1v) is 6.49. The van der Waals surface area contributed by atoms with E-state index in [0.717, 1.165) is 0 Å². The number of halogens is 2. The number of aliphatic carboxylic acids is 1. The summed E-state index contributed by atoms with van der Waals surface area (Å²) in [7, 11) is 0. The van der Waals surface area contributed by atoms with Crippen LogP contribution >= 0.6 is 23.2 Å². The minimum atomic E-state index is -0.950. The summed E-state index contributed by atoms with van der Waals surface area (Å²) in [6, 6.07) is 4.69. The van der Waals surface area contributed by atoms with Crippen LogP contribution in [0.15, 0.2) is 18.2 Å². The molecule has 4 nitrogen and oxygen atoms in total. The molecule has 0 aromatic heterocycles. The van der Waals surface area contributed by atoms with Crippen molar-refractivity contribution < 1.29 is 14.7 Å². The van der Waals surface area contributed by atoms with Gasteiger partial charge in [0.2, 0.25) is 5.91 Å². The van der Waals surface area contributed by atoms with Crippen LogP contribution in [-0.2, 0) is 9.59 Å². The smallest absolute Gasteiger partial charge is 0.307 e. The van der Waals surface area contributed by atoms with E-state index in [-0.39, 0.29) is 5.91 Å². The Kier molecular flexibility index (Phi) is 3.49. The minimum absolute atomic E-state index is 0.323. The highest BCUT2D eigenvalue weighted by atomic mass is 35.5. The largest absolute Gasteiger partial charge is 0.481 e. The van der Waals surface area contributed by atoms with E-state index in [1.807, 2.05) is 0 Å².